The molecule has 280 valence electrons. The Morgan fingerprint density at radius 3 is 2.36 bits per heavy atom. The van der Waals surface area contributed by atoms with E-state index in [9.17, 15) is 14.0 Å². The van der Waals surface area contributed by atoms with Gasteiger partial charge in [0.15, 0.2) is 11.5 Å². The topological polar surface area (TPSA) is 144 Å². The summed E-state index contributed by atoms with van der Waals surface area (Å²) in [6.45, 7) is 9.36. The Balaban J connectivity index is 0.922. The first-order valence-corrected chi connectivity index (χ1v) is 19.0. The van der Waals surface area contributed by atoms with E-state index in [2.05, 4.69) is 35.5 Å². The molecule has 0 saturated carbocycles. The second-order valence-electron chi connectivity index (χ2n) is 14.7. The number of likely N-dealkylation sites (tertiary alicyclic amines) is 2. The van der Waals surface area contributed by atoms with Crippen LogP contribution in [-0.4, -0.2) is 93.8 Å². The van der Waals surface area contributed by atoms with Gasteiger partial charge in [-0.25, -0.2) is 19.2 Å². The van der Waals surface area contributed by atoms with Crippen molar-refractivity contribution >= 4 is 23.4 Å². The summed E-state index contributed by atoms with van der Waals surface area (Å²) in [6, 6.07) is 14.2. The van der Waals surface area contributed by atoms with E-state index in [-0.39, 0.29) is 17.6 Å². The summed E-state index contributed by atoms with van der Waals surface area (Å²) in [4.78, 5) is 40.9. The molecular weight excluding hydrogens is 673 g/mol. The van der Waals surface area contributed by atoms with Gasteiger partial charge in [-0.2, -0.15) is 5.10 Å². The van der Waals surface area contributed by atoms with Crippen molar-refractivity contribution in [3.63, 3.8) is 0 Å². The number of hydrogen-bond donors (Lipinski definition) is 3. The number of ether oxygens (including phenoxy) is 1. The van der Waals surface area contributed by atoms with Gasteiger partial charge >= 0.3 is 5.97 Å². The number of benzene rings is 2. The van der Waals surface area contributed by atoms with Crippen LogP contribution in [0.2, 0.25) is 0 Å². The molecule has 3 aliphatic rings. The van der Waals surface area contributed by atoms with Crippen LogP contribution in [0.3, 0.4) is 0 Å². The molecule has 3 saturated heterocycles. The number of amides is 1. The minimum Gasteiger partial charge on any atom is -0.442 e. The Bertz CT molecular complexity index is 1800. The van der Waals surface area contributed by atoms with E-state index in [4.69, 9.17) is 10.5 Å². The maximum atomic E-state index is 13.5. The molecule has 0 unspecified atom stereocenters. The Morgan fingerprint density at radius 2 is 1.62 bits per heavy atom. The highest BCUT2D eigenvalue weighted by atomic mass is 19.1. The van der Waals surface area contributed by atoms with E-state index in [1.807, 2.05) is 10.9 Å². The van der Waals surface area contributed by atoms with Gasteiger partial charge in [-0.1, -0.05) is 30.3 Å². The highest BCUT2D eigenvalue weighted by molar-refractivity contribution is 5.99. The van der Waals surface area contributed by atoms with Gasteiger partial charge < -0.3 is 30.9 Å². The smallest absolute Gasteiger partial charge is 0.361 e. The molecule has 12 nitrogen and oxygen atoms in total. The van der Waals surface area contributed by atoms with Gasteiger partial charge in [-0.3, -0.25) is 9.48 Å². The molecule has 3 fully saturated rings. The second-order valence-corrected chi connectivity index (χ2v) is 14.7. The lowest BCUT2D eigenvalue weighted by molar-refractivity contribution is -0.125. The largest absolute Gasteiger partial charge is 0.442 e. The molecule has 4 aromatic rings. The maximum Gasteiger partial charge on any atom is 0.361 e. The van der Waals surface area contributed by atoms with Crippen molar-refractivity contribution in [3.05, 3.63) is 90.3 Å². The van der Waals surface area contributed by atoms with Crippen LogP contribution in [0, 0.1) is 17.7 Å². The van der Waals surface area contributed by atoms with Crippen LogP contribution < -0.4 is 16.4 Å². The quantitative estimate of drug-likeness (QED) is 0.164. The van der Waals surface area contributed by atoms with Gasteiger partial charge in [0.2, 0.25) is 6.10 Å². The number of nitrogen functional groups attached to an aromatic ring is 1. The third kappa shape index (κ3) is 9.64. The lowest BCUT2D eigenvalue weighted by atomic mass is 9.92. The van der Waals surface area contributed by atoms with Crippen molar-refractivity contribution in [2.75, 3.05) is 63.4 Å². The number of esters is 1. The van der Waals surface area contributed by atoms with E-state index in [1.165, 1.54) is 102 Å². The van der Waals surface area contributed by atoms with Crippen molar-refractivity contribution in [2.24, 2.45) is 11.8 Å². The first-order valence-electron chi connectivity index (χ1n) is 19.0. The van der Waals surface area contributed by atoms with Crippen molar-refractivity contribution < 1.29 is 18.7 Å². The standard InChI is InChI=1S/C40H50FN9O3/c41-32-6-8-33(9-7-32)46-39(51)37(30-4-2-1-3-5-30)53-40(52)36-38(42)44-25-35(47-36)31-24-45-50(27-31)34-15-22-49(23-16-34)26-29-13-20-48(21-14-29)19-12-28-10-17-43-18-11-28/h1-9,24-25,27-29,34,37,43H,10-23,26H2,(H2,42,44)(H,46,51)/t37-/m1/s1. The Kier molecular flexibility index (Phi) is 12.0. The van der Waals surface area contributed by atoms with Crippen LogP contribution in [-0.2, 0) is 9.53 Å². The molecule has 0 radical (unpaired) electrons. The Labute approximate surface area is 310 Å². The van der Waals surface area contributed by atoms with Crippen LogP contribution in [0.5, 0.6) is 0 Å². The number of nitrogens with two attached hydrogens (primary N) is 1. The number of carbonyl (C=O) groups is 2. The van der Waals surface area contributed by atoms with Crippen LogP contribution >= 0.6 is 0 Å². The molecule has 0 spiro atoms. The third-order valence-electron chi connectivity index (χ3n) is 11.0. The fraction of sp³-hybridized carbons (Fsp3) is 0.475. The highest BCUT2D eigenvalue weighted by Crippen LogP contribution is 2.29. The molecule has 3 aliphatic heterocycles. The first kappa shape index (κ1) is 36.6. The van der Waals surface area contributed by atoms with E-state index in [0.717, 1.165) is 37.8 Å². The van der Waals surface area contributed by atoms with E-state index in [1.54, 1.807) is 36.5 Å². The molecule has 2 aromatic heterocycles. The van der Waals surface area contributed by atoms with E-state index >= 15 is 0 Å². The lowest BCUT2D eigenvalue weighted by Gasteiger charge is -2.38. The Morgan fingerprint density at radius 1 is 0.906 bits per heavy atom. The maximum absolute atomic E-state index is 13.5. The van der Waals surface area contributed by atoms with Crippen molar-refractivity contribution in [1.82, 2.24) is 34.9 Å². The monoisotopic (exact) mass is 723 g/mol. The number of anilines is 2. The number of nitrogens with zero attached hydrogens (tertiary/aromatic N) is 6. The zero-order chi connectivity index (χ0) is 36.6. The molecule has 1 atom stereocenters. The average molecular weight is 724 g/mol. The summed E-state index contributed by atoms with van der Waals surface area (Å²) in [6.07, 6.45) is 12.5. The molecule has 0 bridgehead atoms. The third-order valence-corrected chi connectivity index (χ3v) is 11.0. The van der Waals surface area contributed by atoms with E-state index < -0.39 is 23.8 Å². The fourth-order valence-electron chi connectivity index (χ4n) is 7.82. The molecular formula is C40H50FN9O3. The molecule has 5 heterocycles. The number of halogens is 1. The average Bonchev–Trinajstić information content (AvgIpc) is 3.69. The normalized spacial score (nSPS) is 18.8. The number of carbonyl (C=O) groups excluding carboxylic acids is 2. The van der Waals surface area contributed by atoms with Crippen molar-refractivity contribution in [2.45, 2.75) is 57.1 Å². The van der Waals surface area contributed by atoms with Gasteiger partial charge in [-0.05, 0) is 114 Å². The SMILES string of the molecule is Nc1ncc(-c2cnn(C3CCN(CC4CCN(CCC5CCNCC5)CC4)CC3)c2)nc1C(=O)O[C@@H](C(=O)Nc1ccc(F)cc1)c1ccccc1. The predicted molar refractivity (Wildman–Crippen MR) is 201 cm³/mol. The van der Waals surface area contributed by atoms with Crippen molar-refractivity contribution in [1.29, 1.82) is 0 Å². The van der Waals surface area contributed by atoms with Gasteiger partial charge in [0.1, 0.15) is 5.82 Å². The summed E-state index contributed by atoms with van der Waals surface area (Å²) >= 11 is 0. The van der Waals surface area contributed by atoms with Gasteiger partial charge in [-0.15, -0.1) is 0 Å². The summed E-state index contributed by atoms with van der Waals surface area (Å²) in [5.74, 6) is -0.397. The molecule has 4 N–H and O–H groups in total. The zero-order valence-corrected chi connectivity index (χ0v) is 30.2. The summed E-state index contributed by atoms with van der Waals surface area (Å²) in [5, 5.41) is 10.8. The second kappa shape index (κ2) is 17.4. The molecule has 53 heavy (non-hydrogen) atoms. The fourth-order valence-corrected chi connectivity index (χ4v) is 7.82. The van der Waals surface area contributed by atoms with Gasteiger partial charge in [0.25, 0.3) is 5.91 Å². The van der Waals surface area contributed by atoms with Crippen molar-refractivity contribution in [3.8, 4) is 11.3 Å². The Hall–Kier alpha value is -4.72. The lowest BCUT2D eigenvalue weighted by Crippen LogP contribution is -2.42. The van der Waals surface area contributed by atoms with Gasteiger partial charge in [0, 0.05) is 42.6 Å². The molecule has 7 rings (SSSR count). The van der Waals surface area contributed by atoms with E-state index in [0.29, 0.717) is 22.5 Å². The van der Waals surface area contributed by atoms with Crippen LogP contribution in [0.25, 0.3) is 11.3 Å². The van der Waals surface area contributed by atoms with Gasteiger partial charge in [0.05, 0.1) is 24.1 Å². The first-order chi connectivity index (χ1) is 25.9. The molecule has 1 amide bonds. The summed E-state index contributed by atoms with van der Waals surface area (Å²) < 4.78 is 21.1. The minimum atomic E-state index is -1.32. The predicted octanol–water partition coefficient (Wildman–Crippen LogP) is 5.34. The van der Waals surface area contributed by atoms with Crippen LogP contribution in [0.1, 0.15) is 73.1 Å². The molecule has 13 heteroatoms. The van der Waals surface area contributed by atoms with Crippen LogP contribution in [0.15, 0.2) is 73.2 Å². The molecule has 2 aromatic carbocycles. The summed E-state index contributed by atoms with van der Waals surface area (Å²) in [5.41, 5.74) is 7.83. The minimum absolute atomic E-state index is 0.118. The number of nitrogens with one attached hydrogen (secondary N) is 2. The number of piperidine rings is 3. The highest BCUT2D eigenvalue weighted by Gasteiger charge is 2.29. The molecule has 0 aliphatic carbocycles. The number of hydrogen-bond acceptors (Lipinski definition) is 10. The summed E-state index contributed by atoms with van der Waals surface area (Å²) in [7, 11) is 0. The van der Waals surface area contributed by atoms with Crippen LogP contribution in [0.4, 0.5) is 15.9 Å². The number of aromatic nitrogens is 4. The zero-order valence-electron chi connectivity index (χ0n) is 30.2. The number of rotatable bonds is 12.